The van der Waals surface area contributed by atoms with Crippen LogP contribution >= 0.6 is 15.9 Å². The molecule has 1 aromatic carbocycles. The van der Waals surface area contributed by atoms with Crippen LogP contribution in [0.25, 0.3) is 0 Å². The van der Waals surface area contributed by atoms with Gasteiger partial charge in [0.1, 0.15) is 5.75 Å². The molecule has 0 unspecified atom stereocenters. The number of rotatable bonds is 7. The Labute approximate surface area is 157 Å². The number of hydrogen-bond donors (Lipinski definition) is 1. The number of nitrogens with zero attached hydrogens (tertiary/aromatic N) is 2. The van der Waals surface area contributed by atoms with Gasteiger partial charge >= 0.3 is 0 Å². The minimum absolute atomic E-state index is 0.0391. The molecule has 0 atom stereocenters. The molecule has 2 rings (SSSR count). The zero-order valence-corrected chi connectivity index (χ0v) is 16.4. The summed E-state index contributed by atoms with van der Waals surface area (Å²) in [5, 5.41) is 2.89. The summed E-state index contributed by atoms with van der Waals surface area (Å²) in [7, 11) is 0. The van der Waals surface area contributed by atoms with Crippen LogP contribution in [0.5, 0.6) is 5.75 Å². The Bertz CT molecular complexity index is 587. The monoisotopic (exact) mass is 411 g/mol. The molecule has 1 aliphatic heterocycles. The summed E-state index contributed by atoms with van der Waals surface area (Å²) in [6.45, 7) is 7.43. The Kier molecular flexibility index (Phi) is 7.71. The lowest BCUT2D eigenvalue weighted by Gasteiger charge is -2.34. The largest absolute Gasteiger partial charge is 0.493 e. The number of benzene rings is 1. The van der Waals surface area contributed by atoms with Crippen molar-refractivity contribution in [3.05, 3.63) is 28.7 Å². The summed E-state index contributed by atoms with van der Waals surface area (Å²) in [4.78, 5) is 28.0. The van der Waals surface area contributed by atoms with E-state index in [1.807, 2.05) is 43.0 Å². The van der Waals surface area contributed by atoms with E-state index in [9.17, 15) is 9.59 Å². The first-order valence-electron chi connectivity index (χ1n) is 8.62. The SMILES string of the molecule is CC(C)NC(=O)CN1CCN(C(=O)CCOc2cccc(Br)c2)CC1. The Hall–Kier alpha value is -1.60. The van der Waals surface area contributed by atoms with Crippen molar-refractivity contribution < 1.29 is 14.3 Å². The highest BCUT2D eigenvalue weighted by atomic mass is 79.9. The van der Waals surface area contributed by atoms with Crippen molar-refractivity contribution in [3.63, 3.8) is 0 Å². The van der Waals surface area contributed by atoms with Gasteiger partial charge in [-0.3, -0.25) is 14.5 Å². The predicted molar refractivity (Wildman–Crippen MR) is 101 cm³/mol. The van der Waals surface area contributed by atoms with Crippen LogP contribution in [-0.4, -0.2) is 67.0 Å². The van der Waals surface area contributed by atoms with Gasteiger partial charge in [-0.05, 0) is 32.0 Å². The van der Waals surface area contributed by atoms with Gasteiger partial charge in [0.2, 0.25) is 11.8 Å². The van der Waals surface area contributed by atoms with Gasteiger partial charge in [-0.2, -0.15) is 0 Å². The molecule has 0 radical (unpaired) electrons. The van der Waals surface area contributed by atoms with E-state index in [2.05, 4.69) is 26.1 Å². The van der Waals surface area contributed by atoms with Crippen LogP contribution in [0.15, 0.2) is 28.7 Å². The van der Waals surface area contributed by atoms with Crippen LogP contribution in [0.1, 0.15) is 20.3 Å². The number of carbonyl (C=O) groups excluding carboxylic acids is 2. The lowest BCUT2D eigenvalue weighted by molar-refractivity contribution is -0.133. The van der Waals surface area contributed by atoms with Crippen LogP contribution in [0.2, 0.25) is 0 Å². The van der Waals surface area contributed by atoms with E-state index < -0.39 is 0 Å². The van der Waals surface area contributed by atoms with Gasteiger partial charge in [-0.1, -0.05) is 22.0 Å². The molecule has 1 aliphatic rings. The van der Waals surface area contributed by atoms with Crippen molar-refractivity contribution >= 4 is 27.7 Å². The molecule has 1 heterocycles. The van der Waals surface area contributed by atoms with Crippen molar-refractivity contribution in [2.24, 2.45) is 0 Å². The predicted octanol–water partition coefficient (Wildman–Crippen LogP) is 1.89. The third-order valence-corrected chi connectivity index (χ3v) is 4.42. The average Bonchev–Trinajstić information content (AvgIpc) is 2.54. The Morgan fingerprint density at radius 3 is 2.60 bits per heavy atom. The number of nitrogens with one attached hydrogen (secondary N) is 1. The van der Waals surface area contributed by atoms with E-state index in [0.717, 1.165) is 23.3 Å². The molecular weight excluding hydrogens is 386 g/mol. The maximum atomic E-state index is 12.3. The fourth-order valence-electron chi connectivity index (χ4n) is 2.70. The number of ether oxygens (including phenoxy) is 1. The highest BCUT2D eigenvalue weighted by molar-refractivity contribution is 9.10. The van der Waals surface area contributed by atoms with Crippen molar-refractivity contribution in [3.8, 4) is 5.75 Å². The standard InChI is InChI=1S/C18H26BrN3O3/c1-14(2)20-17(23)13-21-7-9-22(10-8-21)18(24)6-11-25-16-5-3-4-15(19)12-16/h3-5,12,14H,6-11,13H2,1-2H3,(H,20,23). The number of halogens is 1. The van der Waals surface area contributed by atoms with E-state index in [-0.39, 0.29) is 17.9 Å². The van der Waals surface area contributed by atoms with E-state index in [0.29, 0.717) is 32.7 Å². The molecule has 138 valence electrons. The van der Waals surface area contributed by atoms with Gasteiger partial charge in [0, 0.05) is 36.7 Å². The van der Waals surface area contributed by atoms with Gasteiger partial charge in [-0.15, -0.1) is 0 Å². The van der Waals surface area contributed by atoms with Gasteiger partial charge in [0.05, 0.1) is 19.6 Å². The molecule has 0 aromatic heterocycles. The zero-order chi connectivity index (χ0) is 18.2. The second-order valence-corrected chi connectivity index (χ2v) is 7.35. The lowest BCUT2D eigenvalue weighted by Crippen LogP contribution is -2.51. The lowest BCUT2D eigenvalue weighted by atomic mass is 10.2. The Morgan fingerprint density at radius 1 is 1.24 bits per heavy atom. The summed E-state index contributed by atoms with van der Waals surface area (Å²) >= 11 is 3.39. The maximum Gasteiger partial charge on any atom is 0.234 e. The molecule has 6 nitrogen and oxygen atoms in total. The van der Waals surface area contributed by atoms with Crippen LogP contribution in [0, 0.1) is 0 Å². The summed E-state index contributed by atoms with van der Waals surface area (Å²) in [6.07, 6.45) is 0.361. The van der Waals surface area contributed by atoms with Gasteiger partial charge < -0.3 is 15.0 Å². The third-order valence-electron chi connectivity index (χ3n) is 3.92. The summed E-state index contributed by atoms with van der Waals surface area (Å²) in [5.41, 5.74) is 0. The molecule has 1 fully saturated rings. The molecule has 0 spiro atoms. The fraction of sp³-hybridized carbons (Fsp3) is 0.556. The minimum Gasteiger partial charge on any atom is -0.493 e. The first-order chi connectivity index (χ1) is 11.9. The molecule has 0 saturated carbocycles. The third kappa shape index (κ3) is 7.04. The van der Waals surface area contributed by atoms with Gasteiger partial charge in [0.15, 0.2) is 0 Å². The fourth-order valence-corrected chi connectivity index (χ4v) is 3.08. The first kappa shape index (κ1) is 19.7. The van der Waals surface area contributed by atoms with Gasteiger partial charge in [-0.25, -0.2) is 0 Å². The summed E-state index contributed by atoms with van der Waals surface area (Å²) < 4.78 is 6.57. The van der Waals surface area contributed by atoms with E-state index >= 15 is 0 Å². The Balaban J connectivity index is 1.66. The van der Waals surface area contributed by atoms with Crippen molar-refractivity contribution in [2.45, 2.75) is 26.3 Å². The molecule has 25 heavy (non-hydrogen) atoms. The smallest absolute Gasteiger partial charge is 0.234 e. The maximum absolute atomic E-state index is 12.3. The normalized spacial score (nSPS) is 15.3. The number of hydrogen-bond acceptors (Lipinski definition) is 4. The van der Waals surface area contributed by atoms with Crippen molar-refractivity contribution in [1.82, 2.24) is 15.1 Å². The molecule has 0 aliphatic carbocycles. The second-order valence-electron chi connectivity index (χ2n) is 6.43. The summed E-state index contributed by atoms with van der Waals surface area (Å²) in [5.74, 6) is 0.890. The quantitative estimate of drug-likeness (QED) is 0.743. The molecule has 0 bridgehead atoms. The van der Waals surface area contributed by atoms with Gasteiger partial charge in [0.25, 0.3) is 0 Å². The number of piperazine rings is 1. The van der Waals surface area contributed by atoms with E-state index in [1.54, 1.807) is 0 Å². The van der Waals surface area contributed by atoms with Crippen LogP contribution < -0.4 is 10.1 Å². The number of amides is 2. The van der Waals surface area contributed by atoms with E-state index in [1.165, 1.54) is 0 Å². The van der Waals surface area contributed by atoms with Crippen molar-refractivity contribution in [2.75, 3.05) is 39.3 Å². The van der Waals surface area contributed by atoms with Crippen LogP contribution in [0.3, 0.4) is 0 Å². The Morgan fingerprint density at radius 2 is 1.96 bits per heavy atom. The van der Waals surface area contributed by atoms with E-state index in [4.69, 9.17) is 4.74 Å². The molecular formula is C18H26BrN3O3. The minimum atomic E-state index is 0.0391. The van der Waals surface area contributed by atoms with Crippen LogP contribution in [-0.2, 0) is 9.59 Å². The first-order valence-corrected chi connectivity index (χ1v) is 9.41. The highest BCUT2D eigenvalue weighted by Crippen LogP contribution is 2.17. The molecule has 1 aromatic rings. The summed E-state index contributed by atoms with van der Waals surface area (Å²) in [6, 6.07) is 7.73. The molecule has 2 amide bonds. The molecule has 7 heteroatoms. The van der Waals surface area contributed by atoms with Crippen molar-refractivity contribution in [1.29, 1.82) is 0 Å². The molecule has 1 N–H and O–H groups in total. The zero-order valence-electron chi connectivity index (χ0n) is 14.8. The number of carbonyl (C=O) groups is 2. The van der Waals surface area contributed by atoms with Crippen LogP contribution in [0.4, 0.5) is 0 Å². The molecule has 1 saturated heterocycles. The second kappa shape index (κ2) is 9.77. The topological polar surface area (TPSA) is 61.9 Å². The average molecular weight is 412 g/mol. The highest BCUT2D eigenvalue weighted by Gasteiger charge is 2.22.